The number of hydrogen-bond donors (Lipinski definition) is 0. The van der Waals surface area contributed by atoms with Crippen LogP contribution in [0.25, 0.3) is 0 Å². The molecule has 1 fully saturated rings. The van der Waals surface area contributed by atoms with Gasteiger partial charge in [-0.15, -0.1) is 17.9 Å². The number of hydrogen-bond acceptors (Lipinski definition) is 3. The molecule has 1 unspecified atom stereocenters. The van der Waals surface area contributed by atoms with Crippen LogP contribution in [-0.4, -0.2) is 41.2 Å². The summed E-state index contributed by atoms with van der Waals surface area (Å²) in [6, 6.07) is 10.5. The zero-order chi connectivity index (χ0) is 19.7. The second-order valence-corrected chi connectivity index (χ2v) is 8.73. The van der Waals surface area contributed by atoms with Gasteiger partial charge in [0.15, 0.2) is 0 Å². The van der Waals surface area contributed by atoms with Gasteiger partial charge < -0.3 is 9.80 Å². The second kappa shape index (κ2) is 7.92. The topological polar surface area (TPSA) is 40.6 Å². The van der Waals surface area contributed by atoms with Gasteiger partial charge in [-0.3, -0.25) is 9.59 Å². The molecule has 2 heterocycles. The van der Waals surface area contributed by atoms with Crippen LogP contribution < -0.4 is 0 Å². The van der Waals surface area contributed by atoms with E-state index in [0.29, 0.717) is 13.1 Å². The third-order valence-electron chi connectivity index (χ3n) is 5.59. The van der Waals surface area contributed by atoms with Crippen molar-refractivity contribution in [3.8, 4) is 0 Å². The Kier molecular flexibility index (Phi) is 5.36. The highest BCUT2D eigenvalue weighted by atomic mass is 32.1. The summed E-state index contributed by atoms with van der Waals surface area (Å²) in [5, 5.41) is 2.11. The molecule has 0 saturated heterocycles. The number of carbonyl (C=O) groups excluding carboxylic acids is 2. The van der Waals surface area contributed by atoms with Crippen LogP contribution in [0.5, 0.6) is 0 Å². The van der Waals surface area contributed by atoms with Crippen molar-refractivity contribution in [1.82, 2.24) is 9.80 Å². The molecule has 2 aromatic rings. The van der Waals surface area contributed by atoms with E-state index < -0.39 is 0 Å². The summed E-state index contributed by atoms with van der Waals surface area (Å²) in [6.07, 6.45) is 4.46. The van der Waals surface area contributed by atoms with Crippen molar-refractivity contribution in [2.45, 2.75) is 32.2 Å². The molecule has 146 valence electrons. The number of carbonyl (C=O) groups is 2. The van der Waals surface area contributed by atoms with E-state index in [1.54, 1.807) is 22.3 Å². The molecule has 2 aliphatic rings. The molecule has 1 atom stereocenters. The summed E-state index contributed by atoms with van der Waals surface area (Å²) in [5.41, 5.74) is 3.55. The van der Waals surface area contributed by atoms with E-state index in [4.69, 9.17) is 0 Å². The summed E-state index contributed by atoms with van der Waals surface area (Å²) in [5.74, 6) is 0.206. The lowest BCUT2D eigenvalue weighted by Crippen LogP contribution is -2.47. The fourth-order valence-electron chi connectivity index (χ4n) is 3.92. The van der Waals surface area contributed by atoms with Gasteiger partial charge in [0.25, 0.3) is 0 Å². The Labute approximate surface area is 170 Å². The van der Waals surface area contributed by atoms with Gasteiger partial charge in [-0.1, -0.05) is 35.9 Å². The van der Waals surface area contributed by atoms with E-state index in [9.17, 15) is 9.59 Å². The zero-order valence-electron chi connectivity index (χ0n) is 16.3. The lowest BCUT2D eigenvalue weighted by Gasteiger charge is -2.37. The third-order valence-corrected chi connectivity index (χ3v) is 6.59. The maximum absolute atomic E-state index is 13.3. The van der Waals surface area contributed by atoms with E-state index in [0.717, 1.165) is 24.8 Å². The first kappa shape index (κ1) is 18.9. The Bertz CT molecular complexity index is 882. The van der Waals surface area contributed by atoms with Gasteiger partial charge >= 0.3 is 0 Å². The first-order chi connectivity index (χ1) is 13.6. The number of nitrogens with zero attached hydrogens (tertiary/aromatic N) is 2. The standard InChI is InChI=1S/C23H26N2O2S/c1-3-12-24(23(27)18-8-9-18)15-21(26)25-13-10-20-19(11-14-28-20)22(25)17-6-4-16(2)5-7-17/h3-7,11,14,18,22H,1,8-10,12-13,15H2,2H3. The van der Waals surface area contributed by atoms with Crippen LogP contribution in [0.3, 0.4) is 0 Å². The van der Waals surface area contributed by atoms with Crippen molar-refractivity contribution < 1.29 is 9.59 Å². The Hall–Kier alpha value is -2.40. The van der Waals surface area contributed by atoms with Crippen molar-refractivity contribution in [1.29, 1.82) is 0 Å². The molecule has 1 aromatic carbocycles. The van der Waals surface area contributed by atoms with Crippen molar-refractivity contribution in [3.63, 3.8) is 0 Å². The highest BCUT2D eigenvalue weighted by Gasteiger charge is 2.37. The molecule has 28 heavy (non-hydrogen) atoms. The molecule has 4 rings (SSSR count). The van der Waals surface area contributed by atoms with Gasteiger partial charge in [0.05, 0.1) is 6.04 Å². The molecule has 4 nitrogen and oxygen atoms in total. The molecular weight excluding hydrogens is 368 g/mol. The molecular formula is C23H26N2O2S. The SMILES string of the molecule is C=CCN(CC(=O)N1CCc2sccc2C1c1ccc(C)cc1)C(=O)C1CC1. The van der Waals surface area contributed by atoms with Crippen molar-refractivity contribution >= 4 is 23.2 Å². The summed E-state index contributed by atoms with van der Waals surface area (Å²) < 4.78 is 0. The van der Waals surface area contributed by atoms with E-state index in [1.807, 2.05) is 4.90 Å². The van der Waals surface area contributed by atoms with Gasteiger partial charge in [-0.05, 0) is 48.8 Å². The Balaban J connectivity index is 1.60. The average Bonchev–Trinajstić information content (AvgIpc) is 3.44. The Morgan fingerprint density at radius 2 is 2.00 bits per heavy atom. The fourth-order valence-corrected chi connectivity index (χ4v) is 4.83. The number of amides is 2. The van der Waals surface area contributed by atoms with E-state index >= 15 is 0 Å². The minimum atomic E-state index is -0.0790. The molecule has 1 saturated carbocycles. The van der Waals surface area contributed by atoms with Crippen LogP contribution in [0.4, 0.5) is 0 Å². The van der Waals surface area contributed by atoms with E-state index in [2.05, 4.69) is 49.2 Å². The molecule has 0 spiro atoms. The predicted molar refractivity (Wildman–Crippen MR) is 112 cm³/mol. The normalized spacial score (nSPS) is 18.5. The van der Waals surface area contributed by atoms with Crippen LogP contribution in [0.1, 0.15) is 40.5 Å². The van der Waals surface area contributed by atoms with Gasteiger partial charge in [0.2, 0.25) is 11.8 Å². The van der Waals surface area contributed by atoms with Gasteiger partial charge in [-0.25, -0.2) is 0 Å². The highest BCUT2D eigenvalue weighted by molar-refractivity contribution is 7.10. The highest BCUT2D eigenvalue weighted by Crippen LogP contribution is 2.38. The first-order valence-electron chi connectivity index (χ1n) is 9.90. The summed E-state index contributed by atoms with van der Waals surface area (Å²) in [7, 11) is 0. The van der Waals surface area contributed by atoms with E-state index in [1.165, 1.54) is 16.0 Å². The smallest absolute Gasteiger partial charge is 0.243 e. The van der Waals surface area contributed by atoms with Crippen molar-refractivity contribution in [3.05, 3.63) is 69.9 Å². The van der Waals surface area contributed by atoms with Gasteiger partial charge in [0.1, 0.15) is 6.54 Å². The Morgan fingerprint density at radius 3 is 2.68 bits per heavy atom. The number of benzene rings is 1. The second-order valence-electron chi connectivity index (χ2n) is 7.73. The third kappa shape index (κ3) is 3.76. The molecule has 0 N–H and O–H groups in total. The van der Waals surface area contributed by atoms with E-state index in [-0.39, 0.29) is 30.3 Å². The van der Waals surface area contributed by atoms with Crippen molar-refractivity contribution in [2.75, 3.05) is 19.6 Å². The van der Waals surface area contributed by atoms with Crippen LogP contribution in [0.15, 0.2) is 48.4 Å². The molecule has 1 aliphatic heterocycles. The average molecular weight is 395 g/mol. The molecule has 0 radical (unpaired) electrons. The fraction of sp³-hybridized carbons (Fsp3) is 0.391. The minimum absolute atomic E-state index is 0.0123. The van der Waals surface area contributed by atoms with Crippen LogP contribution >= 0.6 is 11.3 Å². The quantitative estimate of drug-likeness (QED) is 0.696. The molecule has 1 aliphatic carbocycles. The van der Waals surface area contributed by atoms with Crippen molar-refractivity contribution in [2.24, 2.45) is 5.92 Å². The summed E-state index contributed by atoms with van der Waals surface area (Å²) in [6.45, 7) is 7.07. The Morgan fingerprint density at radius 1 is 1.25 bits per heavy atom. The monoisotopic (exact) mass is 394 g/mol. The summed E-state index contributed by atoms with van der Waals surface area (Å²) in [4.78, 5) is 30.9. The lowest BCUT2D eigenvalue weighted by atomic mass is 9.92. The maximum atomic E-state index is 13.3. The largest absolute Gasteiger partial charge is 0.330 e. The zero-order valence-corrected chi connectivity index (χ0v) is 17.1. The molecule has 5 heteroatoms. The first-order valence-corrected chi connectivity index (χ1v) is 10.8. The molecule has 2 amide bonds. The minimum Gasteiger partial charge on any atom is -0.330 e. The maximum Gasteiger partial charge on any atom is 0.243 e. The summed E-state index contributed by atoms with van der Waals surface area (Å²) >= 11 is 1.76. The number of rotatable bonds is 6. The van der Waals surface area contributed by atoms with Crippen LogP contribution in [0.2, 0.25) is 0 Å². The predicted octanol–water partition coefficient (Wildman–Crippen LogP) is 3.96. The number of aryl methyl sites for hydroxylation is 1. The molecule has 0 bridgehead atoms. The molecule has 1 aromatic heterocycles. The number of thiophene rings is 1. The van der Waals surface area contributed by atoms with Gasteiger partial charge in [-0.2, -0.15) is 0 Å². The number of fused-ring (bicyclic) bond motifs is 1. The van der Waals surface area contributed by atoms with Gasteiger partial charge in [0, 0.05) is 23.9 Å². The lowest BCUT2D eigenvalue weighted by molar-refractivity contribution is -0.142. The van der Waals surface area contributed by atoms with Crippen LogP contribution in [-0.2, 0) is 16.0 Å². The van der Waals surface area contributed by atoms with Crippen LogP contribution in [0, 0.1) is 12.8 Å².